The Morgan fingerprint density at radius 3 is 2.83 bits per heavy atom. The third-order valence-electron chi connectivity index (χ3n) is 2.47. The van der Waals surface area contributed by atoms with Crippen LogP contribution in [-0.2, 0) is 0 Å². The highest BCUT2D eigenvalue weighted by Gasteiger charge is 2.22. The summed E-state index contributed by atoms with van der Waals surface area (Å²) in [6, 6.07) is 4.42. The van der Waals surface area contributed by atoms with Gasteiger partial charge in [-0.15, -0.1) is 12.3 Å². The highest BCUT2D eigenvalue weighted by molar-refractivity contribution is 5.98. The topological polar surface area (TPSA) is 72.2 Å². The normalized spacial score (nSPS) is 11.4. The van der Waals surface area contributed by atoms with Gasteiger partial charge >= 0.3 is 0 Å². The molecule has 5 nitrogen and oxygen atoms in total. The van der Waals surface area contributed by atoms with Crippen LogP contribution in [0.2, 0.25) is 0 Å². The maximum absolute atomic E-state index is 11.9. The Kier molecular flexibility index (Phi) is 4.44. The summed E-state index contributed by atoms with van der Waals surface area (Å²) < 4.78 is 0. The summed E-state index contributed by atoms with van der Waals surface area (Å²) >= 11 is 0. The van der Waals surface area contributed by atoms with Crippen LogP contribution in [0.1, 0.15) is 29.3 Å². The molecule has 5 heteroatoms. The molecule has 1 unspecified atom stereocenters. The van der Waals surface area contributed by atoms with Gasteiger partial charge in [0.15, 0.2) is 0 Å². The van der Waals surface area contributed by atoms with E-state index >= 15 is 0 Å². The van der Waals surface area contributed by atoms with Gasteiger partial charge in [0.25, 0.3) is 11.6 Å². The second kappa shape index (κ2) is 5.82. The first kappa shape index (κ1) is 13.7. The standard InChI is InChI=1S/C13H14N2O3/c1-4-6-10(3)14-13(16)11-8-5-7-9(2)12(11)15(17)18/h1,5,7-8,10H,6H2,2-3H3,(H,14,16). The van der Waals surface area contributed by atoms with Crippen LogP contribution in [0.15, 0.2) is 18.2 Å². The predicted octanol–water partition coefficient (Wildman–Crippen LogP) is 2.04. The Balaban J connectivity index is 3.03. The maximum atomic E-state index is 11.9. The lowest BCUT2D eigenvalue weighted by molar-refractivity contribution is -0.385. The van der Waals surface area contributed by atoms with Crippen molar-refractivity contribution in [3.63, 3.8) is 0 Å². The van der Waals surface area contributed by atoms with E-state index in [0.717, 1.165) is 0 Å². The van der Waals surface area contributed by atoms with Gasteiger partial charge < -0.3 is 5.32 Å². The van der Waals surface area contributed by atoms with Gasteiger partial charge in [-0.3, -0.25) is 14.9 Å². The van der Waals surface area contributed by atoms with Crippen molar-refractivity contribution >= 4 is 11.6 Å². The summed E-state index contributed by atoms with van der Waals surface area (Å²) in [5.74, 6) is 1.95. The molecule has 1 N–H and O–H groups in total. The zero-order chi connectivity index (χ0) is 13.7. The largest absolute Gasteiger partial charge is 0.348 e. The van der Waals surface area contributed by atoms with Gasteiger partial charge in [0.2, 0.25) is 0 Å². The molecular weight excluding hydrogens is 232 g/mol. The van der Waals surface area contributed by atoms with Crippen LogP contribution in [0, 0.1) is 29.4 Å². The van der Waals surface area contributed by atoms with Crippen LogP contribution < -0.4 is 5.32 Å². The van der Waals surface area contributed by atoms with Gasteiger partial charge in [0.1, 0.15) is 5.56 Å². The van der Waals surface area contributed by atoms with Gasteiger partial charge in [-0.05, 0) is 19.9 Å². The first-order valence-corrected chi connectivity index (χ1v) is 5.45. The number of hydrogen-bond donors (Lipinski definition) is 1. The molecule has 0 saturated carbocycles. The summed E-state index contributed by atoms with van der Waals surface area (Å²) in [5.41, 5.74) is 0.351. The number of nitrogens with one attached hydrogen (secondary N) is 1. The number of amides is 1. The lowest BCUT2D eigenvalue weighted by atomic mass is 10.1. The van der Waals surface area contributed by atoms with E-state index in [1.54, 1.807) is 26.0 Å². The SMILES string of the molecule is C#CCC(C)NC(=O)c1cccc(C)c1[N+](=O)[O-]. The molecule has 0 fully saturated rings. The fraction of sp³-hybridized carbons (Fsp3) is 0.308. The molecule has 0 aromatic heterocycles. The van der Waals surface area contributed by atoms with Crippen molar-refractivity contribution in [2.75, 3.05) is 0 Å². The minimum Gasteiger partial charge on any atom is -0.348 e. The molecule has 18 heavy (non-hydrogen) atoms. The highest BCUT2D eigenvalue weighted by Crippen LogP contribution is 2.22. The Morgan fingerprint density at radius 2 is 2.28 bits per heavy atom. The molecule has 0 radical (unpaired) electrons. The van der Waals surface area contributed by atoms with Crippen LogP contribution in [-0.4, -0.2) is 16.9 Å². The van der Waals surface area contributed by atoms with Crippen LogP contribution in [0.25, 0.3) is 0 Å². The van der Waals surface area contributed by atoms with Gasteiger partial charge in [0.05, 0.1) is 4.92 Å². The second-order valence-corrected chi connectivity index (χ2v) is 4.01. The fourth-order valence-corrected chi connectivity index (χ4v) is 1.61. The summed E-state index contributed by atoms with van der Waals surface area (Å²) in [6.45, 7) is 3.35. The zero-order valence-electron chi connectivity index (χ0n) is 10.3. The Hall–Kier alpha value is -2.35. The molecule has 1 atom stereocenters. The smallest absolute Gasteiger partial charge is 0.285 e. The van der Waals surface area contributed by atoms with Crippen molar-refractivity contribution in [2.24, 2.45) is 0 Å². The number of para-hydroxylation sites is 1. The Labute approximate surface area is 105 Å². The van der Waals surface area contributed by atoms with E-state index in [0.29, 0.717) is 12.0 Å². The molecule has 1 rings (SSSR count). The summed E-state index contributed by atoms with van der Waals surface area (Å²) in [5, 5.41) is 13.6. The van der Waals surface area contributed by atoms with Crippen molar-refractivity contribution in [3.8, 4) is 12.3 Å². The summed E-state index contributed by atoms with van der Waals surface area (Å²) in [6.07, 6.45) is 5.52. The third kappa shape index (κ3) is 3.08. The number of nitro benzene ring substituents is 1. The second-order valence-electron chi connectivity index (χ2n) is 4.01. The lowest BCUT2D eigenvalue weighted by Gasteiger charge is -2.11. The monoisotopic (exact) mass is 246 g/mol. The van der Waals surface area contributed by atoms with E-state index in [-0.39, 0.29) is 17.3 Å². The third-order valence-corrected chi connectivity index (χ3v) is 2.47. The average molecular weight is 246 g/mol. The molecule has 94 valence electrons. The van der Waals surface area contributed by atoms with Crippen molar-refractivity contribution in [1.82, 2.24) is 5.32 Å². The first-order valence-electron chi connectivity index (χ1n) is 5.45. The molecule has 0 bridgehead atoms. The molecule has 0 aliphatic carbocycles. The van der Waals surface area contributed by atoms with Gasteiger partial charge in [0, 0.05) is 18.0 Å². The van der Waals surface area contributed by atoms with Crippen molar-refractivity contribution in [2.45, 2.75) is 26.3 Å². The number of nitro groups is 1. The van der Waals surface area contributed by atoms with Crippen molar-refractivity contribution in [3.05, 3.63) is 39.4 Å². The van der Waals surface area contributed by atoms with Crippen molar-refractivity contribution in [1.29, 1.82) is 0 Å². The van der Waals surface area contributed by atoms with Crippen LogP contribution in [0.4, 0.5) is 5.69 Å². The van der Waals surface area contributed by atoms with E-state index in [9.17, 15) is 14.9 Å². The number of benzene rings is 1. The van der Waals surface area contributed by atoms with E-state index in [2.05, 4.69) is 11.2 Å². The van der Waals surface area contributed by atoms with E-state index in [1.807, 2.05) is 0 Å². The van der Waals surface area contributed by atoms with E-state index < -0.39 is 10.8 Å². The Morgan fingerprint density at radius 1 is 1.61 bits per heavy atom. The van der Waals surface area contributed by atoms with Crippen LogP contribution >= 0.6 is 0 Å². The molecule has 0 aliphatic rings. The Bertz CT molecular complexity index is 517. The molecule has 1 aromatic carbocycles. The molecule has 0 aliphatic heterocycles. The summed E-state index contributed by atoms with van der Waals surface area (Å²) in [7, 11) is 0. The summed E-state index contributed by atoms with van der Waals surface area (Å²) in [4.78, 5) is 22.3. The van der Waals surface area contributed by atoms with E-state index in [4.69, 9.17) is 6.42 Å². The minimum absolute atomic E-state index is 0.0591. The first-order chi connectivity index (χ1) is 8.47. The van der Waals surface area contributed by atoms with E-state index in [1.165, 1.54) is 6.07 Å². The highest BCUT2D eigenvalue weighted by atomic mass is 16.6. The van der Waals surface area contributed by atoms with Gasteiger partial charge in [-0.1, -0.05) is 12.1 Å². The lowest BCUT2D eigenvalue weighted by Crippen LogP contribution is -2.32. The fourth-order valence-electron chi connectivity index (χ4n) is 1.61. The molecule has 0 heterocycles. The van der Waals surface area contributed by atoms with Gasteiger partial charge in [-0.2, -0.15) is 0 Å². The number of terminal acetylenes is 1. The molecular formula is C13H14N2O3. The molecule has 0 spiro atoms. The van der Waals surface area contributed by atoms with Crippen LogP contribution in [0.3, 0.4) is 0 Å². The number of nitrogens with zero attached hydrogens (tertiary/aromatic N) is 1. The van der Waals surface area contributed by atoms with Crippen molar-refractivity contribution < 1.29 is 9.72 Å². The average Bonchev–Trinajstić information content (AvgIpc) is 2.28. The zero-order valence-corrected chi connectivity index (χ0v) is 10.3. The quantitative estimate of drug-likeness (QED) is 0.502. The maximum Gasteiger partial charge on any atom is 0.285 e. The predicted molar refractivity (Wildman–Crippen MR) is 68.2 cm³/mol. The number of aryl methyl sites for hydroxylation is 1. The minimum atomic E-state index is -0.546. The van der Waals surface area contributed by atoms with Crippen LogP contribution in [0.5, 0.6) is 0 Å². The number of hydrogen-bond acceptors (Lipinski definition) is 3. The number of carbonyl (C=O) groups excluding carboxylic acids is 1. The molecule has 0 saturated heterocycles. The molecule has 1 aromatic rings. The number of rotatable bonds is 4. The number of carbonyl (C=O) groups is 1. The van der Waals surface area contributed by atoms with Gasteiger partial charge in [-0.25, -0.2) is 0 Å². The molecule has 1 amide bonds.